The largest absolute Gasteiger partial charge is 0.497 e. The van der Waals surface area contributed by atoms with Gasteiger partial charge in [0.25, 0.3) is 0 Å². The Morgan fingerprint density at radius 1 is 1.05 bits per heavy atom. The van der Waals surface area contributed by atoms with Crippen molar-refractivity contribution in [2.45, 2.75) is 12.8 Å². The summed E-state index contributed by atoms with van der Waals surface area (Å²) in [5, 5.41) is 0.158. The molecule has 4 heteroatoms. The minimum Gasteiger partial charge on any atom is -0.497 e. The van der Waals surface area contributed by atoms with Crippen LogP contribution in [0.4, 0.5) is 4.39 Å². The van der Waals surface area contributed by atoms with E-state index in [2.05, 4.69) is 0 Å². The maximum absolute atomic E-state index is 13.2. The van der Waals surface area contributed by atoms with E-state index in [4.69, 9.17) is 27.9 Å². The molecule has 0 aliphatic carbocycles. The van der Waals surface area contributed by atoms with Crippen molar-refractivity contribution in [3.05, 3.63) is 64.4 Å². The summed E-state index contributed by atoms with van der Waals surface area (Å²) in [6.07, 6.45) is 1.64. The van der Waals surface area contributed by atoms with Gasteiger partial charge in [0.15, 0.2) is 0 Å². The van der Waals surface area contributed by atoms with Crippen molar-refractivity contribution in [3.8, 4) is 5.75 Å². The molecule has 0 aliphatic rings. The molecule has 0 amide bonds. The molecule has 0 aromatic heterocycles. The average Bonchev–Trinajstić information content (AvgIpc) is 2.51. The Bertz CT molecular complexity index is 584. The van der Waals surface area contributed by atoms with E-state index < -0.39 is 5.82 Å². The molecule has 0 heterocycles. The Labute approximate surface area is 134 Å². The first-order valence-electron chi connectivity index (χ1n) is 6.75. The van der Waals surface area contributed by atoms with Gasteiger partial charge < -0.3 is 4.74 Å². The molecule has 0 saturated heterocycles. The van der Waals surface area contributed by atoms with Gasteiger partial charge in [-0.2, -0.15) is 0 Å². The molecule has 2 aromatic carbocycles. The van der Waals surface area contributed by atoms with Gasteiger partial charge in [0, 0.05) is 5.88 Å². The lowest BCUT2D eigenvalue weighted by molar-refractivity contribution is 0.414. The molecule has 0 aliphatic heterocycles. The summed E-state index contributed by atoms with van der Waals surface area (Å²) in [4.78, 5) is 0. The van der Waals surface area contributed by atoms with Crippen molar-refractivity contribution in [1.29, 1.82) is 0 Å². The third kappa shape index (κ3) is 4.62. The van der Waals surface area contributed by atoms with E-state index in [0.717, 1.165) is 24.2 Å². The molecular weight excluding hydrogens is 310 g/mol. The summed E-state index contributed by atoms with van der Waals surface area (Å²) in [6, 6.07) is 12.8. The van der Waals surface area contributed by atoms with Gasteiger partial charge in [-0.3, -0.25) is 0 Å². The first kappa shape index (κ1) is 16.1. The van der Waals surface area contributed by atoms with Gasteiger partial charge in [0.05, 0.1) is 12.1 Å². The second-order valence-electron chi connectivity index (χ2n) is 5.03. The Hall–Kier alpha value is -1.25. The first-order valence-corrected chi connectivity index (χ1v) is 7.66. The topological polar surface area (TPSA) is 9.23 Å². The minimum atomic E-state index is -0.391. The van der Waals surface area contributed by atoms with Gasteiger partial charge in [-0.15, -0.1) is 11.6 Å². The van der Waals surface area contributed by atoms with E-state index in [1.165, 1.54) is 11.6 Å². The van der Waals surface area contributed by atoms with Crippen LogP contribution < -0.4 is 4.74 Å². The molecule has 0 radical (unpaired) electrons. The fourth-order valence-corrected chi connectivity index (χ4v) is 2.70. The van der Waals surface area contributed by atoms with Crippen molar-refractivity contribution >= 4 is 23.2 Å². The molecule has 112 valence electrons. The van der Waals surface area contributed by atoms with E-state index >= 15 is 0 Å². The molecular formula is C17H17Cl2FO. The molecule has 0 fully saturated rings. The summed E-state index contributed by atoms with van der Waals surface area (Å²) in [6.45, 7) is 0. The lowest BCUT2D eigenvalue weighted by Crippen LogP contribution is -2.10. The number of ether oxygens (including phenoxy) is 1. The maximum Gasteiger partial charge on any atom is 0.141 e. The third-order valence-electron chi connectivity index (χ3n) is 3.41. The predicted octanol–water partition coefficient (Wildman–Crippen LogP) is 5.13. The number of benzene rings is 2. The van der Waals surface area contributed by atoms with Crippen molar-refractivity contribution < 1.29 is 9.13 Å². The van der Waals surface area contributed by atoms with Crippen molar-refractivity contribution in [1.82, 2.24) is 0 Å². The van der Waals surface area contributed by atoms with Crippen LogP contribution in [0.5, 0.6) is 5.75 Å². The van der Waals surface area contributed by atoms with Crippen molar-refractivity contribution in [3.63, 3.8) is 0 Å². The normalized spacial score (nSPS) is 12.2. The third-order valence-corrected chi connectivity index (χ3v) is 4.14. The molecule has 1 unspecified atom stereocenters. The molecule has 1 nitrogen and oxygen atoms in total. The highest BCUT2D eigenvalue weighted by Crippen LogP contribution is 2.22. The maximum atomic E-state index is 13.2. The molecule has 0 bridgehead atoms. The molecule has 0 saturated carbocycles. The number of hydrogen-bond donors (Lipinski definition) is 0. The van der Waals surface area contributed by atoms with Crippen LogP contribution in [0, 0.1) is 11.7 Å². The number of methoxy groups -OCH3 is 1. The Morgan fingerprint density at radius 2 is 1.67 bits per heavy atom. The van der Waals surface area contributed by atoms with Crippen molar-refractivity contribution in [2.75, 3.05) is 13.0 Å². The minimum absolute atomic E-state index is 0.158. The number of alkyl halides is 1. The monoisotopic (exact) mass is 326 g/mol. The van der Waals surface area contributed by atoms with Crippen LogP contribution in [0.1, 0.15) is 11.1 Å². The van der Waals surface area contributed by atoms with E-state index in [1.54, 1.807) is 19.2 Å². The zero-order valence-corrected chi connectivity index (χ0v) is 13.3. The van der Waals surface area contributed by atoms with Gasteiger partial charge in [-0.05, 0) is 54.2 Å². The number of halogens is 3. The molecule has 0 N–H and O–H groups in total. The van der Waals surface area contributed by atoms with Crippen LogP contribution >= 0.6 is 23.2 Å². The van der Waals surface area contributed by atoms with Crippen LogP contribution in [0.3, 0.4) is 0 Å². The zero-order valence-electron chi connectivity index (χ0n) is 11.8. The smallest absolute Gasteiger partial charge is 0.141 e. The Kier molecular flexibility index (Phi) is 5.89. The van der Waals surface area contributed by atoms with Gasteiger partial charge in [-0.1, -0.05) is 29.8 Å². The van der Waals surface area contributed by atoms with Crippen LogP contribution in [0.2, 0.25) is 5.02 Å². The van der Waals surface area contributed by atoms with Crippen LogP contribution in [-0.4, -0.2) is 13.0 Å². The molecule has 2 aromatic rings. The summed E-state index contributed by atoms with van der Waals surface area (Å²) >= 11 is 11.9. The summed E-state index contributed by atoms with van der Waals surface area (Å²) in [5.74, 6) is 1.27. The fourth-order valence-electron chi connectivity index (χ4n) is 2.28. The molecule has 2 rings (SSSR count). The fraction of sp³-hybridized carbons (Fsp3) is 0.294. The van der Waals surface area contributed by atoms with Crippen molar-refractivity contribution in [2.24, 2.45) is 5.92 Å². The Balaban J connectivity index is 2.03. The van der Waals surface area contributed by atoms with Crippen LogP contribution in [0.15, 0.2) is 42.5 Å². The molecule has 1 atom stereocenters. The van der Waals surface area contributed by atoms with Crippen LogP contribution in [-0.2, 0) is 12.8 Å². The standard InChI is InChI=1S/C17H17Cl2FO/c1-21-15-5-2-12(3-6-15)8-14(11-18)9-13-4-7-17(20)16(19)10-13/h2-7,10,14H,8-9,11H2,1H3. The lowest BCUT2D eigenvalue weighted by Gasteiger charge is -2.14. The van der Waals surface area contributed by atoms with Gasteiger partial charge in [-0.25, -0.2) is 4.39 Å². The predicted molar refractivity (Wildman–Crippen MR) is 86.0 cm³/mol. The van der Waals surface area contributed by atoms with E-state index in [9.17, 15) is 4.39 Å². The average molecular weight is 327 g/mol. The second kappa shape index (κ2) is 7.67. The Morgan fingerprint density at radius 3 is 2.24 bits per heavy atom. The summed E-state index contributed by atoms with van der Waals surface area (Å²) in [7, 11) is 1.65. The zero-order chi connectivity index (χ0) is 15.2. The highest BCUT2D eigenvalue weighted by Gasteiger charge is 2.11. The van der Waals surface area contributed by atoms with Gasteiger partial charge in [0.2, 0.25) is 0 Å². The van der Waals surface area contributed by atoms with E-state index in [1.807, 2.05) is 24.3 Å². The second-order valence-corrected chi connectivity index (χ2v) is 5.74. The highest BCUT2D eigenvalue weighted by molar-refractivity contribution is 6.30. The first-order chi connectivity index (χ1) is 10.1. The number of rotatable bonds is 6. The number of hydrogen-bond acceptors (Lipinski definition) is 1. The van der Waals surface area contributed by atoms with Gasteiger partial charge >= 0.3 is 0 Å². The molecule has 0 spiro atoms. The highest BCUT2D eigenvalue weighted by atomic mass is 35.5. The van der Waals surface area contributed by atoms with E-state index in [0.29, 0.717) is 5.88 Å². The SMILES string of the molecule is COc1ccc(CC(CCl)Cc2ccc(F)c(Cl)c2)cc1. The summed E-state index contributed by atoms with van der Waals surface area (Å²) < 4.78 is 18.3. The van der Waals surface area contributed by atoms with Gasteiger partial charge in [0.1, 0.15) is 11.6 Å². The quantitative estimate of drug-likeness (QED) is 0.669. The molecule has 21 heavy (non-hydrogen) atoms. The van der Waals surface area contributed by atoms with Crippen LogP contribution in [0.25, 0.3) is 0 Å². The van der Waals surface area contributed by atoms with E-state index in [-0.39, 0.29) is 10.9 Å². The summed E-state index contributed by atoms with van der Waals surface area (Å²) in [5.41, 5.74) is 2.20. The lowest BCUT2D eigenvalue weighted by atomic mass is 9.94.